The number of anilines is 1. The van der Waals surface area contributed by atoms with Crippen LogP contribution in [0.15, 0.2) is 41.1 Å². The van der Waals surface area contributed by atoms with Crippen molar-refractivity contribution < 1.29 is 9.32 Å². The van der Waals surface area contributed by atoms with Gasteiger partial charge >= 0.3 is 6.03 Å². The molecule has 1 aliphatic rings. The monoisotopic (exact) mass is 366 g/mol. The zero-order chi connectivity index (χ0) is 18.7. The first-order valence-electron chi connectivity index (χ1n) is 9.20. The number of carbonyl (C=O) groups is 1. The summed E-state index contributed by atoms with van der Waals surface area (Å²) in [5.41, 5.74) is 2.09. The molecule has 8 nitrogen and oxygen atoms in total. The molecular weight excluding hydrogens is 344 g/mol. The van der Waals surface area contributed by atoms with Crippen LogP contribution in [-0.2, 0) is 12.0 Å². The summed E-state index contributed by atoms with van der Waals surface area (Å²) in [6.07, 6.45) is 6.05. The van der Waals surface area contributed by atoms with Crippen molar-refractivity contribution in [2.75, 3.05) is 5.32 Å². The van der Waals surface area contributed by atoms with Gasteiger partial charge in [0.2, 0.25) is 5.89 Å². The van der Waals surface area contributed by atoms with Gasteiger partial charge in [-0.2, -0.15) is 10.1 Å². The first-order valence-corrected chi connectivity index (χ1v) is 9.20. The molecule has 2 aromatic heterocycles. The van der Waals surface area contributed by atoms with Gasteiger partial charge in [-0.15, -0.1) is 0 Å². The van der Waals surface area contributed by atoms with E-state index in [-0.39, 0.29) is 6.03 Å². The van der Waals surface area contributed by atoms with Crippen molar-refractivity contribution in [3.63, 3.8) is 0 Å². The highest BCUT2D eigenvalue weighted by Crippen LogP contribution is 2.37. The van der Waals surface area contributed by atoms with Gasteiger partial charge in [0.05, 0.1) is 5.69 Å². The maximum Gasteiger partial charge on any atom is 0.320 e. The highest BCUT2D eigenvalue weighted by atomic mass is 16.5. The topological polar surface area (TPSA) is 109 Å². The molecule has 8 heteroatoms. The molecule has 140 valence electrons. The number of nitrogens with one attached hydrogen (secondary N) is 3. The van der Waals surface area contributed by atoms with Crippen molar-refractivity contribution >= 4 is 11.7 Å². The van der Waals surface area contributed by atoms with Gasteiger partial charge < -0.3 is 15.2 Å². The lowest BCUT2D eigenvalue weighted by atomic mass is 9.97. The number of rotatable bonds is 5. The van der Waals surface area contributed by atoms with Crippen LogP contribution in [0, 0.1) is 0 Å². The molecule has 2 heterocycles. The van der Waals surface area contributed by atoms with E-state index in [1.165, 1.54) is 0 Å². The van der Waals surface area contributed by atoms with Crippen molar-refractivity contribution in [2.24, 2.45) is 0 Å². The summed E-state index contributed by atoms with van der Waals surface area (Å²) >= 11 is 0. The van der Waals surface area contributed by atoms with E-state index in [2.05, 4.69) is 31.0 Å². The number of aromatic amines is 1. The molecular formula is C19H22N6O2. The number of aryl methyl sites for hydroxylation is 1. The highest BCUT2D eigenvalue weighted by Gasteiger charge is 2.41. The normalized spacial score (nSPS) is 15.6. The van der Waals surface area contributed by atoms with Crippen LogP contribution in [0.4, 0.5) is 10.5 Å². The Labute approximate surface area is 156 Å². The molecule has 27 heavy (non-hydrogen) atoms. The van der Waals surface area contributed by atoms with Crippen molar-refractivity contribution in [2.45, 2.75) is 44.6 Å². The van der Waals surface area contributed by atoms with Crippen LogP contribution >= 0.6 is 0 Å². The molecule has 0 radical (unpaired) electrons. The predicted octanol–water partition coefficient (Wildman–Crippen LogP) is 3.61. The largest absolute Gasteiger partial charge is 0.339 e. The Kier molecular flexibility index (Phi) is 4.62. The minimum Gasteiger partial charge on any atom is -0.339 e. The SMILES string of the molecule is CCc1nc(C2(NC(=O)Nc3ccc(-c4ccn[nH]4)cc3)CCCC2)no1. The number of benzene rings is 1. The fraction of sp³-hybridized carbons (Fsp3) is 0.368. The second-order valence-corrected chi connectivity index (χ2v) is 6.78. The number of amides is 2. The fourth-order valence-corrected chi connectivity index (χ4v) is 3.51. The van der Waals surface area contributed by atoms with Crippen molar-refractivity contribution in [1.29, 1.82) is 0 Å². The number of carbonyl (C=O) groups excluding carboxylic acids is 1. The van der Waals surface area contributed by atoms with Crippen LogP contribution in [-0.4, -0.2) is 26.4 Å². The van der Waals surface area contributed by atoms with Gasteiger partial charge in [0.1, 0.15) is 5.54 Å². The summed E-state index contributed by atoms with van der Waals surface area (Å²) in [4.78, 5) is 17.1. The van der Waals surface area contributed by atoms with E-state index < -0.39 is 5.54 Å². The van der Waals surface area contributed by atoms with E-state index in [0.717, 1.165) is 36.9 Å². The third-order valence-electron chi connectivity index (χ3n) is 4.96. The quantitative estimate of drug-likeness (QED) is 0.639. The summed E-state index contributed by atoms with van der Waals surface area (Å²) in [5, 5.41) is 16.9. The van der Waals surface area contributed by atoms with Crippen LogP contribution in [0.25, 0.3) is 11.3 Å². The van der Waals surface area contributed by atoms with E-state index >= 15 is 0 Å². The van der Waals surface area contributed by atoms with E-state index in [9.17, 15) is 4.79 Å². The Bertz CT molecular complexity index is 895. The van der Waals surface area contributed by atoms with Gasteiger partial charge in [0.25, 0.3) is 0 Å². The minimum absolute atomic E-state index is 0.269. The second kappa shape index (κ2) is 7.22. The van der Waals surface area contributed by atoms with Crippen molar-refractivity contribution in [3.8, 4) is 11.3 Å². The molecule has 2 amide bonds. The predicted molar refractivity (Wildman–Crippen MR) is 100 cm³/mol. The van der Waals surface area contributed by atoms with Crippen LogP contribution in [0.5, 0.6) is 0 Å². The maximum atomic E-state index is 12.6. The van der Waals surface area contributed by atoms with Crippen LogP contribution in [0.1, 0.15) is 44.3 Å². The van der Waals surface area contributed by atoms with Crippen LogP contribution < -0.4 is 10.6 Å². The number of nitrogens with zero attached hydrogens (tertiary/aromatic N) is 3. The Balaban J connectivity index is 1.46. The van der Waals surface area contributed by atoms with Gasteiger partial charge in [-0.1, -0.05) is 37.1 Å². The second-order valence-electron chi connectivity index (χ2n) is 6.78. The summed E-state index contributed by atoms with van der Waals surface area (Å²) < 4.78 is 5.26. The lowest BCUT2D eigenvalue weighted by Crippen LogP contribution is -2.46. The van der Waals surface area contributed by atoms with E-state index in [0.29, 0.717) is 23.8 Å². The molecule has 1 saturated carbocycles. The number of hydrogen-bond acceptors (Lipinski definition) is 5. The summed E-state index contributed by atoms with van der Waals surface area (Å²) in [5.74, 6) is 1.16. The molecule has 0 bridgehead atoms. The molecule has 1 aromatic carbocycles. The first kappa shape index (κ1) is 17.3. The van der Waals surface area contributed by atoms with Crippen molar-refractivity contribution in [1.82, 2.24) is 25.7 Å². The van der Waals surface area contributed by atoms with Crippen LogP contribution in [0.3, 0.4) is 0 Å². The van der Waals surface area contributed by atoms with Gasteiger partial charge in [-0.05, 0) is 36.6 Å². The molecule has 1 aliphatic carbocycles. The van der Waals surface area contributed by atoms with Gasteiger partial charge in [0, 0.05) is 18.3 Å². The lowest BCUT2D eigenvalue weighted by Gasteiger charge is -2.26. The third-order valence-corrected chi connectivity index (χ3v) is 4.96. The highest BCUT2D eigenvalue weighted by molar-refractivity contribution is 5.90. The molecule has 4 rings (SSSR count). The fourth-order valence-electron chi connectivity index (χ4n) is 3.51. The van der Waals surface area contributed by atoms with E-state index in [4.69, 9.17) is 4.52 Å². The standard InChI is InChI=1S/C19H22N6O2/c1-2-16-22-17(25-27-16)19(10-3-4-11-19)23-18(26)21-14-7-5-13(6-8-14)15-9-12-20-24-15/h5-9,12H,2-4,10-11H2,1H3,(H,20,24)(H2,21,23,26). The first-order chi connectivity index (χ1) is 13.2. The molecule has 0 spiro atoms. The summed E-state index contributed by atoms with van der Waals surface area (Å²) in [7, 11) is 0. The summed E-state index contributed by atoms with van der Waals surface area (Å²) in [6.45, 7) is 1.96. The molecule has 1 fully saturated rings. The Morgan fingerprint density at radius 1 is 1.22 bits per heavy atom. The molecule has 3 N–H and O–H groups in total. The molecule has 3 aromatic rings. The van der Waals surface area contributed by atoms with Gasteiger partial charge in [-0.3, -0.25) is 5.10 Å². The minimum atomic E-state index is -0.559. The van der Waals surface area contributed by atoms with E-state index in [1.54, 1.807) is 6.20 Å². The number of hydrogen-bond donors (Lipinski definition) is 3. The molecule has 0 aliphatic heterocycles. The molecule has 0 atom stereocenters. The van der Waals surface area contributed by atoms with E-state index in [1.807, 2.05) is 37.3 Å². The van der Waals surface area contributed by atoms with Crippen LogP contribution in [0.2, 0.25) is 0 Å². The molecule has 0 saturated heterocycles. The lowest BCUT2D eigenvalue weighted by molar-refractivity contribution is 0.232. The third kappa shape index (κ3) is 3.55. The molecule has 0 unspecified atom stereocenters. The summed E-state index contributed by atoms with van der Waals surface area (Å²) in [6, 6.07) is 9.21. The zero-order valence-electron chi connectivity index (χ0n) is 15.2. The number of H-pyrrole nitrogens is 1. The number of aromatic nitrogens is 4. The van der Waals surface area contributed by atoms with Gasteiger partial charge in [0.15, 0.2) is 5.82 Å². The Morgan fingerprint density at radius 2 is 2.00 bits per heavy atom. The Hall–Kier alpha value is -3.16. The average molecular weight is 366 g/mol. The average Bonchev–Trinajstić information content (AvgIpc) is 3.43. The zero-order valence-corrected chi connectivity index (χ0v) is 15.2. The maximum absolute atomic E-state index is 12.6. The van der Waals surface area contributed by atoms with Gasteiger partial charge in [-0.25, -0.2) is 4.79 Å². The van der Waals surface area contributed by atoms with Crippen molar-refractivity contribution in [3.05, 3.63) is 48.2 Å². The Morgan fingerprint density at radius 3 is 2.63 bits per heavy atom. The smallest absolute Gasteiger partial charge is 0.320 e. The number of urea groups is 1.